The SMILES string of the molecule is Cc1cc(CCN)cnc1N(C)C(C)c1ccccc1F. The van der Waals surface area contributed by atoms with Gasteiger partial charge >= 0.3 is 0 Å². The fourth-order valence-electron chi connectivity index (χ4n) is 2.50. The van der Waals surface area contributed by atoms with Crippen LogP contribution in [0.2, 0.25) is 0 Å². The maximum Gasteiger partial charge on any atom is 0.131 e. The fourth-order valence-corrected chi connectivity index (χ4v) is 2.50. The smallest absolute Gasteiger partial charge is 0.131 e. The molecule has 1 aromatic heterocycles. The highest BCUT2D eigenvalue weighted by atomic mass is 19.1. The van der Waals surface area contributed by atoms with Crippen molar-refractivity contribution in [3.63, 3.8) is 0 Å². The molecule has 1 aromatic carbocycles. The second-order valence-corrected chi connectivity index (χ2v) is 5.33. The summed E-state index contributed by atoms with van der Waals surface area (Å²) in [6.45, 7) is 4.61. The van der Waals surface area contributed by atoms with Crippen molar-refractivity contribution < 1.29 is 4.39 Å². The number of anilines is 1. The van der Waals surface area contributed by atoms with E-state index in [1.165, 1.54) is 6.07 Å². The van der Waals surface area contributed by atoms with Crippen LogP contribution in [0, 0.1) is 12.7 Å². The monoisotopic (exact) mass is 287 g/mol. The Morgan fingerprint density at radius 3 is 2.67 bits per heavy atom. The first kappa shape index (κ1) is 15.4. The van der Waals surface area contributed by atoms with E-state index in [0.29, 0.717) is 12.1 Å². The van der Waals surface area contributed by atoms with Gasteiger partial charge in [0.05, 0.1) is 6.04 Å². The molecule has 0 saturated heterocycles. The van der Waals surface area contributed by atoms with Crippen LogP contribution in [0.1, 0.15) is 29.7 Å². The van der Waals surface area contributed by atoms with Crippen LogP contribution in [0.3, 0.4) is 0 Å². The van der Waals surface area contributed by atoms with Crippen molar-refractivity contribution in [3.05, 3.63) is 59.0 Å². The van der Waals surface area contributed by atoms with E-state index in [-0.39, 0.29) is 11.9 Å². The highest BCUT2D eigenvalue weighted by Gasteiger charge is 2.18. The van der Waals surface area contributed by atoms with Gasteiger partial charge in [0.15, 0.2) is 0 Å². The molecule has 0 spiro atoms. The third-order valence-electron chi connectivity index (χ3n) is 3.81. The fraction of sp³-hybridized carbons (Fsp3) is 0.353. The van der Waals surface area contributed by atoms with E-state index < -0.39 is 0 Å². The number of aromatic nitrogens is 1. The van der Waals surface area contributed by atoms with E-state index in [1.807, 2.05) is 44.1 Å². The number of pyridine rings is 1. The van der Waals surface area contributed by atoms with Crippen LogP contribution in [0.15, 0.2) is 36.5 Å². The number of nitrogens with zero attached hydrogens (tertiary/aromatic N) is 2. The highest BCUT2D eigenvalue weighted by molar-refractivity contribution is 5.49. The molecule has 0 aliphatic heterocycles. The molecule has 4 heteroatoms. The van der Waals surface area contributed by atoms with Gasteiger partial charge in [0, 0.05) is 18.8 Å². The average Bonchev–Trinajstić information content (AvgIpc) is 2.47. The van der Waals surface area contributed by atoms with Gasteiger partial charge in [-0.25, -0.2) is 9.37 Å². The van der Waals surface area contributed by atoms with Gasteiger partial charge in [0.25, 0.3) is 0 Å². The van der Waals surface area contributed by atoms with E-state index in [0.717, 1.165) is 23.4 Å². The number of aryl methyl sites for hydroxylation is 1. The van der Waals surface area contributed by atoms with Gasteiger partial charge in [-0.2, -0.15) is 0 Å². The molecule has 2 aromatic rings. The predicted octanol–water partition coefficient (Wildman–Crippen LogP) is 3.23. The van der Waals surface area contributed by atoms with Crippen molar-refractivity contribution in [2.24, 2.45) is 5.73 Å². The largest absolute Gasteiger partial charge is 0.353 e. The second-order valence-electron chi connectivity index (χ2n) is 5.33. The molecule has 0 fully saturated rings. The third-order valence-corrected chi connectivity index (χ3v) is 3.81. The van der Waals surface area contributed by atoms with Gasteiger partial charge in [-0.3, -0.25) is 0 Å². The summed E-state index contributed by atoms with van der Waals surface area (Å²) in [5.74, 6) is 0.681. The summed E-state index contributed by atoms with van der Waals surface area (Å²) in [5.41, 5.74) is 8.45. The molecule has 2 N–H and O–H groups in total. The molecule has 0 aliphatic carbocycles. The Morgan fingerprint density at radius 1 is 1.33 bits per heavy atom. The average molecular weight is 287 g/mol. The van der Waals surface area contributed by atoms with Crippen molar-refractivity contribution in [1.82, 2.24) is 4.98 Å². The molecular formula is C17H22FN3. The summed E-state index contributed by atoms with van der Waals surface area (Å²) >= 11 is 0. The van der Waals surface area contributed by atoms with E-state index in [4.69, 9.17) is 5.73 Å². The Bertz CT molecular complexity index is 613. The second kappa shape index (κ2) is 6.68. The molecule has 1 heterocycles. The molecule has 0 amide bonds. The minimum Gasteiger partial charge on any atom is -0.353 e. The number of benzene rings is 1. The number of hydrogen-bond donors (Lipinski definition) is 1. The van der Waals surface area contributed by atoms with E-state index in [9.17, 15) is 4.39 Å². The number of nitrogens with two attached hydrogens (primary N) is 1. The molecule has 0 bridgehead atoms. The summed E-state index contributed by atoms with van der Waals surface area (Å²) in [6, 6.07) is 8.88. The molecule has 1 unspecified atom stereocenters. The van der Waals surface area contributed by atoms with E-state index in [2.05, 4.69) is 11.1 Å². The number of hydrogen-bond acceptors (Lipinski definition) is 3. The lowest BCUT2D eigenvalue weighted by molar-refractivity contribution is 0.584. The Kier molecular flexibility index (Phi) is 4.91. The molecule has 0 radical (unpaired) electrons. The lowest BCUT2D eigenvalue weighted by Gasteiger charge is -2.28. The zero-order valence-corrected chi connectivity index (χ0v) is 12.8. The minimum atomic E-state index is -0.186. The number of rotatable bonds is 5. The maximum atomic E-state index is 13.9. The van der Waals surface area contributed by atoms with Crippen LogP contribution in [-0.4, -0.2) is 18.6 Å². The summed E-state index contributed by atoms with van der Waals surface area (Å²) in [7, 11) is 1.94. The van der Waals surface area contributed by atoms with Gasteiger partial charge in [0.1, 0.15) is 11.6 Å². The van der Waals surface area contributed by atoms with Crippen LogP contribution in [0.5, 0.6) is 0 Å². The van der Waals surface area contributed by atoms with Crippen molar-refractivity contribution >= 4 is 5.82 Å². The van der Waals surface area contributed by atoms with Crippen LogP contribution in [-0.2, 0) is 6.42 Å². The van der Waals surface area contributed by atoms with Gasteiger partial charge in [-0.1, -0.05) is 24.3 Å². The molecule has 21 heavy (non-hydrogen) atoms. The summed E-state index contributed by atoms with van der Waals surface area (Å²) in [4.78, 5) is 6.52. The van der Waals surface area contributed by atoms with Crippen molar-refractivity contribution in [3.8, 4) is 0 Å². The van der Waals surface area contributed by atoms with E-state index in [1.54, 1.807) is 6.07 Å². The Morgan fingerprint density at radius 2 is 2.05 bits per heavy atom. The third kappa shape index (κ3) is 3.39. The van der Waals surface area contributed by atoms with Gasteiger partial charge in [-0.05, 0) is 44.0 Å². The normalized spacial score (nSPS) is 12.2. The number of halogens is 1. The Hall–Kier alpha value is -1.94. The van der Waals surface area contributed by atoms with Crippen LogP contribution < -0.4 is 10.6 Å². The molecule has 1 atom stereocenters. The summed E-state index contributed by atoms with van der Waals surface area (Å²) < 4.78 is 13.9. The Balaban J connectivity index is 2.27. The lowest BCUT2D eigenvalue weighted by atomic mass is 10.1. The van der Waals surface area contributed by atoms with Crippen molar-refractivity contribution in [2.75, 3.05) is 18.5 Å². The molecule has 3 nitrogen and oxygen atoms in total. The lowest BCUT2D eigenvalue weighted by Crippen LogP contribution is -2.24. The molecule has 0 saturated carbocycles. The first-order valence-corrected chi connectivity index (χ1v) is 7.17. The molecule has 2 rings (SSSR count). The van der Waals surface area contributed by atoms with Crippen LogP contribution in [0.25, 0.3) is 0 Å². The molecule has 112 valence electrons. The Labute approximate surface area is 125 Å². The summed E-state index contributed by atoms with van der Waals surface area (Å²) in [5, 5.41) is 0. The zero-order valence-electron chi connectivity index (χ0n) is 12.8. The molecule has 0 aliphatic rings. The highest BCUT2D eigenvalue weighted by Crippen LogP contribution is 2.27. The van der Waals surface area contributed by atoms with E-state index >= 15 is 0 Å². The van der Waals surface area contributed by atoms with Crippen LogP contribution >= 0.6 is 0 Å². The van der Waals surface area contributed by atoms with Crippen molar-refractivity contribution in [1.29, 1.82) is 0 Å². The first-order valence-electron chi connectivity index (χ1n) is 7.17. The van der Waals surface area contributed by atoms with Crippen molar-refractivity contribution in [2.45, 2.75) is 26.3 Å². The van der Waals surface area contributed by atoms with Crippen LogP contribution in [0.4, 0.5) is 10.2 Å². The minimum absolute atomic E-state index is 0.0854. The standard InChI is InChI=1S/C17H22FN3/c1-12-10-14(8-9-19)11-20-17(12)21(3)13(2)15-6-4-5-7-16(15)18/h4-7,10-11,13H,8-9,19H2,1-3H3. The zero-order chi connectivity index (χ0) is 15.4. The van der Waals surface area contributed by atoms with Gasteiger partial charge < -0.3 is 10.6 Å². The van der Waals surface area contributed by atoms with Gasteiger partial charge in [0.2, 0.25) is 0 Å². The quantitative estimate of drug-likeness (QED) is 0.918. The first-order chi connectivity index (χ1) is 10.0. The summed E-state index contributed by atoms with van der Waals surface area (Å²) in [6.07, 6.45) is 2.67. The predicted molar refractivity (Wildman–Crippen MR) is 85.0 cm³/mol. The van der Waals surface area contributed by atoms with Gasteiger partial charge in [-0.15, -0.1) is 0 Å². The molecular weight excluding hydrogens is 265 g/mol. The topological polar surface area (TPSA) is 42.1 Å². The maximum absolute atomic E-state index is 13.9.